The van der Waals surface area contributed by atoms with Crippen LogP contribution in [0.4, 0.5) is 5.69 Å². The minimum atomic E-state index is -4.38. The summed E-state index contributed by atoms with van der Waals surface area (Å²) < 4.78 is 32.7. The molecule has 4 nitrogen and oxygen atoms in total. The van der Waals surface area contributed by atoms with Crippen LogP contribution >= 0.6 is 0 Å². The van der Waals surface area contributed by atoms with Gasteiger partial charge in [0.2, 0.25) is 0 Å². The van der Waals surface area contributed by atoms with Gasteiger partial charge in [-0.25, -0.2) is 8.42 Å². The Morgan fingerprint density at radius 3 is 2.11 bits per heavy atom. The van der Waals surface area contributed by atoms with Crippen LogP contribution in [0, 0.1) is 0 Å². The van der Waals surface area contributed by atoms with E-state index in [1.165, 1.54) is 12.1 Å². The van der Waals surface area contributed by atoms with Gasteiger partial charge in [0.05, 0.1) is 4.90 Å². The molecule has 0 aromatic heterocycles. The van der Waals surface area contributed by atoms with Crippen LogP contribution in [0.15, 0.2) is 41.3 Å². The second-order valence-corrected chi connectivity index (χ2v) is 5.42. The third-order valence-electron chi connectivity index (χ3n) is 2.60. The molecule has 0 bridgehead atoms. The van der Waals surface area contributed by atoms with Gasteiger partial charge in [0.1, 0.15) is 10.1 Å². The number of rotatable bonds is 2. The maximum absolute atomic E-state index is 10.9. The molecule has 0 aliphatic rings. The number of fused-ring (bicyclic) bond motifs is 1. The van der Waals surface area contributed by atoms with E-state index < -0.39 is 10.1 Å². The average Bonchev–Trinajstić information content (AvgIpc) is 2.26. The Kier molecular flexibility index (Phi) is 4.80. The summed E-state index contributed by atoms with van der Waals surface area (Å²) in [6, 6.07) is 10.0. The molecule has 2 rings (SSSR count). The fourth-order valence-electron chi connectivity index (χ4n) is 1.64. The van der Waals surface area contributed by atoms with Crippen molar-refractivity contribution < 1.29 is 42.5 Å². The van der Waals surface area contributed by atoms with Gasteiger partial charge in [0.15, 0.2) is 0 Å². The fraction of sp³-hybridized carbons (Fsp3) is 0.167. The molecule has 0 N–H and O–H groups in total. The molecule has 0 heterocycles. The number of anilines is 1. The van der Waals surface area contributed by atoms with Crippen molar-refractivity contribution >= 4 is 26.6 Å². The van der Waals surface area contributed by atoms with Crippen LogP contribution in [-0.2, 0) is 10.1 Å². The van der Waals surface area contributed by atoms with Gasteiger partial charge in [-0.05, 0) is 35.0 Å². The van der Waals surface area contributed by atoms with Gasteiger partial charge >= 0.3 is 29.6 Å². The molecule has 0 spiro atoms. The molecular weight excluding hydrogens is 261 g/mol. The normalized spacial score (nSPS) is 11.1. The predicted octanol–water partition coefficient (Wildman–Crippen LogP) is -1.19. The van der Waals surface area contributed by atoms with Crippen LogP contribution in [0.25, 0.3) is 10.8 Å². The van der Waals surface area contributed by atoms with Gasteiger partial charge in [0.25, 0.3) is 0 Å². The standard InChI is InChI=1S/C12H13NO3S.Na/c1-13(2)11-5-3-10-8-12(17(14,15)16)6-4-9(10)7-11;/h3-8H,1-2H3,(H,14,15,16);/q;+1/p-1. The van der Waals surface area contributed by atoms with Crippen LogP contribution < -0.4 is 34.5 Å². The molecule has 0 aliphatic carbocycles. The van der Waals surface area contributed by atoms with Crippen molar-refractivity contribution in [3.05, 3.63) is 36.4 Å². The summed E-state index contributed by atoms with van der Waals surface area (Å²) in [5.41, 5.74) is 1.02. The van der Waals surface area contributed by atoms with Crippen LogP contribution in [0.3, 0.4) is 0 Å². The largest absolute Gasteiger partial charge is 1.00 e. The third-order valence-corrected chi connectivity index (χ3v) is 3.43. The first kappa shape index (κ1) is 15.5. The summed E-state index contributed by atoms with van der Waals surface area (Å²) >= 11 is 0. The van der Waals surface area contributed by atoms with E-state index in [2.05, 4.69) is 0 Å². The number of hydrogen-bond acceptors (Lipinski definition) is 4. The van der Waals surface area contributed by atoms with Crippen molar-refractivity contribution in [3.63, 3.8) is 0 Å². The number of nitrogens with zero attached hydrogens (tertiary/aromatic N) is 1. The Hall–Kier alpha value is -0.590. The maximum Gasteiger partial charge on any atom is 1.00 e. The van der Waals surface area contributed by atoms with Gasteiger partial charge in [-0.3, -0.25) is 0 Å². The van der Waals surface area contributed by atoms with Gasteiger partial charge < -0.3 is 9.45 Å². The van der Waals surface area contributed by atoms with Crippen molar-refractivity contribution in [1.29, 1.82) is 0 Å². The van der Waals surface area contributed by atoms with Gasteiger partial charge in [-0.2, -0.15) is 0 Å². The van der Waals surface area contributed by atoms with E-state index in [-0.39, 0.29) is 34.5 Å². The average molecular weight is 273 g/mol. The first-order chi connectivity index (χ1) is 7.88. The van der Waals surface area contributed by atoms with Crippen molar-refractivity contribution in [2.45, 2.75) is 4.90 Å². The van der Waals surface area contributed by atoms with Crippen LogP contribution in [-0.4, -0.2) is 27.1 Å². The Morgan fingerprint density at radius 2 is 1.56 bits per heavy atom. The monoisotopic (exact) mass is 273 g/mol. The maximum atomic E-state index is 10.9. The van der Waals surface area contributed by atoms with Crippen molar-refractivity contribution in [1.82, 2.24) is 0 Å². The molecule has 2 aromatic rings. The Morgan fingerprint density at radius 1 is 1.00 bits per heavy atom. The Balaban J connectivity index is 0.00000162. The zero-order valence-corrected chi connectivity index (χ0v) is 13.4. The van der Waals surface area contributed by atoms with E-state index in [9.17, 15) is 13.0 Å². The second-order valence-electron chi connectivity index (χ2n) is 4.04. The zero-order chi connectivity index (χ0) is 12.6. The van der Waals surface area contributed by atoms with Crippen LogP contribution in [0.5, 0.6) is 0 Å². The molecule has 2 aromatic carbocycles. The smallest absolute Gasteiger partial charge is 0.744 e. The summed E-state index contributed by atoms with van der Waals surface area (Å²) in [6.07, 6.45) is 0. The molecule has 18 heavy (non-hydrogen) atoms. The van der Waals surface area contributed by atoms with E-state index in [0.29, 0.717) is 0 Å². The molecule has 0 unspecified atom stereocenters. The molecule has 6 heteroatoms. The summed E-state index contributed by atoms with van der Waals surface area (Å²) in [6.45, 7) is 0. The third kappa shape index (κ3) is 3.24. The zero-order valence-electron chi connectivity index (χ0n) is 10.5. The topological polar surface area (TPSA) is 60.4 Å². The molecule has 0 radical (unpaired) electrons. The molecule has 0 saturated heterocycles. The number of benzene rings is 2. The quantitative estimate of drug-likeness (QED) is 0.510. The predicted molar refractivity (Wildman–Crippen MR) is 66.2 cm³/mol. The Bertz CT molecular complexity index is 668. The molecule has 0 amide bonds. The van der Waals surface area contributed by atoms with Gasteiger partial charge in [0, 0.05) is 19.8 Å². The van der Waals surface area contributed by atoms with Crippen LogP contribution in [0.2, 0.25) is 0 Å². The van der Waals surface area contributed by atoms with E-state index >= 15 is 0 Å². The second kappa shape index (κ2) is 5.59. The Labute approximate surface area is 129 Å². The van der Waals surface area contributed by atoms with E-state index in [1.807, 2.05) is 31.1 Å². The van der Waals surface area contributed by atoms with E-state index in [0.717, 1.165) is 16.5 Å². The molecule has 0 atom stereocenters. The molecule has 0 fully saturated rings. The van der Waals surface area contributed by atoms with Gasteiger partial charge in [-0.15, -0.1) is 0 Å². The summed E-state index contributed by atoms with van der Waals surface area (Å²) in [4.78, 5) is 1.76. The van der Waals surface area contributed by atoms with E-state index in [4.69, 9.17) is 0 Å². The first-order valence-electron chi connectivity index (χ1n) is 5.05. The van der Waals surface area contributed by atoms with Gasteiger partial charge in [-0.1, -0.05) is 12.1 Å². The molecule has 90 valence electrons. The minimum absolute atomic E-state index is 0. The molecule has 0 aliphatic heterocycles. The SMILES string of the molecule is CN(C)c1ccc2cc(S(=O)(=O)[O-])ccc2c1.[Na+]. The van der Waals surface area contributed by atoms with Crippen molar-refractivity contribution in [2.24, 2.45) is 0 Å². The van der Waals surface area contributed by atoms with Crippen molar-refractivity contribution in [3.8, 4) is 0 Å². The fourth-order valence-corrected chi connectivity index (χ4v) is 2.15. The van der Waals surface area contributed by atoms with Crippen molar-refractivity contribution in [2.75, 3.05) is 19.0 Å². The molecular formula is C12H12NNaO3S. The summed E-state index contributed by atoms with van der Waals surface area (Å²) in [7, 11) is -0.525. The first-order valence-corrected chi connectivity index (χ1v) is 6.46. The summed E-state index contributed by atoms with van der Waals surface area (Å²) in [5.74, 6) is 0. The molecule has 0 saturated carbocycles. The van der Waals surface area contributed by atoms with Crippen LogP contribution in [0.1, 0.15) is 0 Å². The van der Waals surface area contributed by atoms with E-state index in [1.54, 1.807) is 12.1 Å². The minimum Gasteiger partial charge on any atom is -0.744 e. The number of hydrogen-bond donors (Lipinski definition) is 0. The summed E-state index contributed by atoms with van der Waals surface area (Å²) in [5, 5.41) is 1.65.